The van der Waals surface area contributed by atoms with Gasteiger partial charge in [0.1, 0.15) is 11.5 Å². The average Bonchev–Trinajstić information content (AvgIpc) is 2.55. The fraction of sp³-hybridized carbons (Fsp3) is 0.0556. The van der Waals surface area contributed by atoms with E-state index in [1.807, 2.05) is 24.3 Å². The first kappa shape index (κ1) is 13.2. The number of carbonyl (C=O) groups excluding carboxylic acids is 1. The number of rotatable bonds is 3. The molecule has 0 aliphatic carbocycles. The van der Waals surface area contributed by atoms with Gasteiger partial charge in [0.15, 0.2) is 5.78 Å². The van der Waals surface area contributed by atoms with Crippen LogP contribution in [0.5, 0.6) is 11.5 Å². The lowest BCUT2D eigenvalue weighted by Gasteiger charge is -2.09. The molecule has 0 saturated carbocycles. The Labute approximate surface area is 122 Å². The summed E-state index contributed by atoms with van der Waals surface area (Å²) in [5, 5.41) is 11.9. The minimum absolute atomic E-state index is 0.0137. The van der Waals surface area contributed by atoms with Gasteiger partial charge in [-0.3, -0.25) is 4.79 Å². The number of hydrogen-bond acceptors (Lipinski definition) is 3. The Morgan fingerprint density at radius 3 is 2.43 bits per heavy atom. The van der Waals surface area contributed by atoms with Crippen LogP contribution in [0.1, 0.15) is 15.9 Å². The molecule has 3 rings (SSSR count). The molecule has 3 aromatic carbocycles. The van der Waals surface area contributed by atoms with Crippen molar-refractivity contribution in [3.8, 4) is 11.5 Å². The van der Waals surface area contributed by atoms with Crippen LogP contribution in [0.25, 0.3) is 10.8 Å². The van der Waals surface area contributed by atoms with Gasteiger partial charge in [-0.2, -0.15) is 0 Å². The van der Waals surface area contributed by atoms with Crippen molar-refractivity contribution in [1.82, 2.24) is 0 Å². The smallest absolute Gasteiger partial charge is 0.196 e. The number of fused-ring (bicyclic) bond motifs is 1. The largest absolute Gasteiger partial charge is 0.507 e. The number of phenols is 1. The SMILES string of the molecule is COc1ccc2ccc(C(=O)c3ccccc3)c(O)c2c1. The first-order chi connectivity index (χ1) is 10.2. The zero-order chi connectivity index (χ0) is 14.8. The number of ether oxygens (including phenoxy) is 1. The molecule has 0 amide bonds. The molecular formula is C18H14O3. The maximum Gasteiger partial charge on any atom is 0.196 e. The third-order valence-electron chi connectivity index (χ3n) is 3.48. The van der Waals surface area contributed by atoms with Gasteiger partial charge in [0.05, 0.1) is 12.7 Å². The van der Waals surface area contributed by atoms with E-state index in [1.165, 1.54) is 0 Å². The summed E-state index contributed by atoms with van der Waals surface area (Å²) in [7, 11) is 1.57. The molecule has 104 valence electrons. The summed E-state index contributed by atoms with van der Waals surface area (Å²) < 4.78 is 5.17. The Kier molecular flexibility index (Phi) is 3.32. The minimum atomic E-state index is -0.196. The normalized spacial score (nSPS) is 10.5. The monoisotopic (exact) mass is 278 g/mol. The molecule has 0 saturated heterocycles. The molecule has 0 aliphatic heterocycles. The first-order valence-corrected chi connectivity index (χ1v) is 6.60. The van der Waals surface area contributed by atoms with Gasteiger partial charge in [-0.05, 0) is 23.6 Å². The van der Waals surface area contributed by atoms with Crippen LogP contribution in [0.2, 0.25) is 0 Å². The Hall–Kier alpha value is -2.81. The standard InChI is InChI=1S/C18H14O3/c1-21-14-9-7-12-8-10-15(18(20)16(12)11-14)17(19)13-5-3-2-4-6-13/h2-11,20H,1H3. The van der Waals surface area contributed by atoms with Crippen LogP contribution >= 0.6 is 0 Å². The first-order valence-electron chi connectivity index (χ1n) is 6.60. The second kappa shape index (κ2) is 5.29. The van der Waals surface area contributed by atoms with E-state index in [0.717, 1.165) is 5.39 Å². The van der Waals surface area contributed by atoms with Gasteiger partial charge < -0.3 is 9.84 Å². The van der Waals surface area contributed by atoms with Crippen molar-refractivity contribution in [3.05, 3.63) is 71.8 Å². The molecule has 3 nitrogen and oxygen atoms in total. The highest BCUT2D eigenvalue weighted by molar-refractivity contribution is 6.13. The van der Waals surface area contributed by atoms with Crippen molar-refractivity contribution in [2.24, 2.45) is 0 Å². The van der Waals surface area contributed by atoms with Crippen molar-refractivity contribution >= 4 is 16.6 Å². The molecule has 0 radical (unpaired) electrons. The Balaban J connectivity index is 2.15. The van der Waals surface area contributed by atoms with Crippen LogP contribution in [-0.2, 0) is 0 Å². The quantitative estimate of drug-likeness (QED) is 0.741. The number of phenolic OH excluding ortho intramolecular Hbond substituents is 1. The zero-order valence-electron chi connectivity index (χ0n) is 11.5. The molecule has 0 unspecified atom stereocenters. The Morgan fingerprint density at radius 1 is 1.00 bits per heavy atom. The van der Waals surface area contributed by atoms with Gasteiger partial charge in [0.25, 0.3) is 0 Å². The summed E-state index contributed by atoms with van der Waals surface area (Å²) >= 11 is 0. The van der Waals surface area contributed by atoms with E-state index >= 15 is 0 Å². The summed E-state index contributed by atoms with van der Waals surface area (Å²) in [6, 6.07) is 17.8. The topological polar surface area (TPSA) is 46.5 Å². The van der Waals surface area contributed by atoms with Crippen LogP contribution < -0.4 is 4.74 Å². The van der Waals surface area contributed by atoms with Gasteiger partial charge in [-0.25, -0.2) is 0 Å². The molecule has 0 spiro atoms. The van der Waals surface area contributed by atoms with E-state index in [4.69, 9.17) is 4.74 Å². The van der Waals surface area contributed by atoms with E-state index in [0.29, 0.717) is 22.3 Å². The highest BCUT2D eigenvalue weighted by atomic mass is 16.5. The fourth-order valence-electron chi connectivity index (χ4n) is 2.34. The molecule has 0 aliphatic rings. The van der Waals surface area contributed by atoms with Crippen LogP contribution in [0, 0.1) is 0 Å². The van der Waals surface area contributed by atoms with Gasteiger partial charge in [-0.1, -0.05) is 42.5 Å². The highest BCUT2D eigenvalue weighted by Crippen LogP contribution is 2.32. The van der Waals surface area contributed by atoms with Crippen molar-refractivity contribution in [2.75, 3.05) is 7.11 Å². The minimum Gasteiger partial charge on any atom is -0.507 e. The third kappa shape index (κ3) is 2.34. The van der Waals surface area contributed by atoms with Crippen molar-refractivity contribution in [2.45, 2.75) is 0 Å². The lowest BCUT2D eigenvalue weighted by Crippen LogP contribution is -2.01. The molecule has 0 bridgehead atoms. The lowest BCUT2D eigenvalue weighted by molar-refractivity contribution is 0.103. The second-order valence-electron chi connectivity index (χ2n) is 4.74. The van der Waals surface area contributed by atoms with E-state index < -0.39 is 0 Å². The number of ketones is 1. The lowest BCUT2D eigenvalue weighted by atomic mass is 9.98. The van der Waals surface area contributed by atoms with Crippen molar-refractivity contribution in [1.29, 1.82) is 0 Å². The van der Waals surface area contributed by atoms with Crippen LogP contribution in [0.3, 0.4) is 0 Å². The van der Waals surface area contributed by atoms with E-state index in [2.05, 4.69) is 0 Å². The number of benzene rings is 3. The molecular weight excluding hydrogens is 264 g/mol. The van der Waals surface area contributed by atoms with E-state index in [9.17, 15) is 9.90 Å². The number of aromatic hydroxyl groups is 1. The van der Waals surface area contributed by atoms with Crippen LogP contribution in [-0.4, -0.2) is 18.0 Å². The number of carbonyl (C=O) groups is 1. The second-order valence-corrected chi connectivity index (χ2v) is 4.74. The summed E-state index contributed by atoms with van der Waals surface area (Å²) in [4.78, 5) is 12.5. The fourth-order valence-corrected chi connectivity index (χ4v) is 2.34. The summed E-state index contributed by atoms with van der Waals surface area (Å²) in [6.45, 7) is 0. The van der Waals surface area contributed by atoms with E-state index in [-0.39, 0.29) is 11.5 Å². The predicted molar refractivity (Wildman–Crippen MR) is 82.0 cm³/mol. The number of methoxy groups -OCH3 is 1. The molecule has 0 aromatic heterocycles. The summed E-state index contributed by atoms with van der Waals surface area (Å²) in [5.41, 5.74) is 0.844. The maximum absolute atomic E-state index is 12.5. The molecule has 3 aromatic rings. The molecule has 0 heterocycles. The van der Waals surface area contributed by atoms with Gasteiger partial charge in [0.2, 0.25) is 0 Å². The highest BCUT2D eigenvalue weighted by Gasteiger charge is 2.15. The molecule has 3 heteroatoms. The Morgan fingerprint density at radius 2 is 1.71 bits per heavy atom. The van der Waals surface area contributed by atoms with Crippen molar-refractivity contribution < 1.29 is 14.6 Å². The van der Waals surface area contributed by atoms with Crippen LogP contribution in [0.4, 0.5) is 0 Å². The molecule has 0 atom stereocenters. The average molecular weight is 278 g/mol. The van der Waals surface area contributed by atoms with Gasteiger partial charge in [-0.15, -0.1) is 0 Å². The van der Waals surface area contributed by atoms with Gasteiger partial charge in [0, 0.05) is 10.9 Å². The maximum atomic E-state index is 12.5. The Bertz CT molecular complexity index is 807. The van der Waals surface area contributed by atoms with E-state index in [1.54, 1.807) is 43.5 Å². The predicted octanol–water partition coefficient (Wildman–Crippen LogP) is 3.79. The van der Waals surface area contributed by atoms with Crippen LogP contribution in [0.15, 0.2) is 60.7 Å². The molecule has 1 N–H and O–H groups in total. The third-order valence-corrected chi connectivity index (χ3v) is 3.48. The van der Waals surface area contributed by atoms with Gasteiger partial charge >= 0.3 is 0 Å². The van der Waals surface area contributed by atoms with Crippen molar-refractivity contribution in [3.63, 3.8) is 0 Å². The molecule has 0 fully saturated rings. The summed E-state index contributed by atoms with van der Waals surface area (Å²) in [5.74, 6) is 0.431. The molecule has 21 heavy (non-hydrogen) atoms. The zero-order valence-corrected chi connectivity index (χ0v) is 11.5. The summed E-state index contributed by atoms with van der Waals surface area (Å²) in [6.07, 6.45) is 0. The number of hydrogen-bond donors (Lipinski definition) is 1.